The van der Waals surface area contributed by atoms with Crippen LogP contribution in [0.3, 0.4) is 0 Å². The summed E-state index contributed by atoms with van der Waals surface area (Å²) in [6.45, 7) is 4.87. The van der Waals surface area contributed by atoms with Gasteiger partial charge in [-0.25, -0.2) is 4.79 Å². The van der Waals surface area contributed by atoms with E-state index in [4.69, 9.17) is 4.74 Å². The topological polar surface area (TPSA) is 70.7 Å². The minimum absolute atomic E-state index is 0.0477. The number of amides is 3. The first-order chi connectivity index (χ1) is 13.0. The van der Waals surface area contributed by atoms with Crippen molar-refractivity contribution in [2.75, 3.05) is 25.5 Å². The van der Waals surface area contributed by atoms with Crippen LogP contribution >= 0.6 is 0 Å². The molecule has 6 nitrogen and oxygen atoms in total. The number of carbonyl (C=O) groups is 2. The summed E-state index contributed by atoms with van der Waals surface area (Å²) in [7, 11) is 1.64. The van der Waals surface area contributed by atoms with Gasteiger partial charge in [0.25, 0.3) is 0 Å². The van der Waals surface area contributed by atoms with E-state index in [0.717, 1.165) is 16.9 Å². The van der Waals surface area contributed by atoms with Crippen molar-refractivity contribution in [3.05, 3.63) is 48.5 Å². The zero-order valence-electron chi connectivity index (χ0n) is 15.9. The minimum atomic E-state index is -0.449. The Hall–Kier alpha value is -3.02. The Labute approximate surface area is 159 Å². The lowest BCUT2D eigenvalue weighted by atomic mass is 10.00. The molecule has 6 heteroatoms. The molecule has 0 bridgehead atoms. The smallest absolute Gasteiger partial charge is 0.322 e. The van der Waals surface area contributed by atoms with Gasteiger partial charge in [-0.15, -0.1) is 0 Å². The van der Waals surface area contributed by atoms with Gasteiger partial charge in [0, 0.05) is 18.8 Å². The highest BCUT2D eigenvalue weighted by atomic mass is 16.5. The van der Waals surface area contributed by atoms with E-state index in [1.165, 1.54) is 0 Å². The molecule has 1 heterocycles. The number of benzene rings is 2. The highest BCUT2D eigenvalue weighted by molar-refractivity contribution is 5.94. The van der Waals surface area contributed by atoms with E-state index in [-0.39, 0.29) is 17.9 Å². The van der Waals surface area contributed by atoms with Crippen LogP contribution in [0, 0.1) is 5.92 Å². The number of rotatable bonds is 4. The van der Waals surface area contributed by atoms with E-state index in [1.54, 1.807) is 12.0 Å². The lowest BCUT2D eigenvalue weighted by Gasteiger charge is -2.37. The number of carbonyl (C=O) groups excluding carboxylic acids is 2. The van der Waals surface area contributed by atoms with Crippen molar-refractivity contribution in [2.24, 2.45) is 5.92 Å². The molecule has 0 radical (unpaired) electrons. The van der Waals surface area contributed by atoms with Crippen molar-refractivity contribution >= 4 is 17.6 Å². The van der Waals surface area contributed by atoms with Crippen molar-refractivity contribution in [3.8, 4) is 16.9 Å². The van der Waals surface area contributed by atoms with Crippen molar-refractivity contribution in [2.45, 2.75) is 19.9 Å². The molecule has 2 aromatic rings. The van der Waals surface area contributed by atoms with E-state index in [9.17, 15) is 9.59 Å². The summed E-state index contributed by atoms with van der Waals surface area (Å²) in [6.07, 6.45) is 0. The van der Waals surface area contributed by atoms with E-state index < -0.39 is 6.04 Å². The van der Waals surface area contributed by atoms with Gasteiger partial charge in [0.05, 0.1) is 7.11 Å². The van der Waals surface area contributed by atoms with Crippen LogP contribution in [0.4, 0.5) is 10.5 Å². The number of urea groups is 1. The first kappa shape index (κ1) is 18.8. The summed E-state index contributed by atoms with van der Waals surface area (Å²) in [6, 6.07) is 14.7. The Morgan fingerprint density at radius 1 is 1.19 bits per heavy atom. The van der Waals surface area contributed by atoms with Crippen LogP contribution in [0.5, 0.6) is 5.75 Å². The Morgan fingerprint density at radius 3 is 2.59 bits per heavy atom. The zero-order valence-corrected chi connectivity index (χ0v) is 15.9. The molecule has 1 atom stereocenters. The average molecular weight is 367 g/mol. The van der Waals surface area contributed by atoms with Crippen LogP contribution in [0.2, 0.25) is 0 Å². The molecule has 2 N–H and O–H groups in total. The number of hydrogen-bond donors (Lipinski definition) is 2. The Kier molecular flexibility index (Phi) is 5.64. The zero-order chi connectivity index (χ0) is 19.4. The summed E-state index contributed by atoms with van der Waals surface area (Å²) in [5.41, 5.74) is 2.77. The van der Waals surface area contributed by atoms with E-state index in [0.29, 0.717) is 18.8 Å². The molecule has 0 spiro atoms. The molecule has 3 amide bonds. The molecule has 1 aliphatic rings. The molecular formula is C21H25N3O3. The summed E-state index contributed by atoms with van der Waals surface area (Å²) < 4.78 is 5.26. The fourth-order valence-corrected chi connectivity index (χ4v) is 3.32. The van der Waals surface area contributed by atoms with Gasteiger partial charge in [-0.05, 0) is 41.3 Å². The standard InChI is InChI=1S/C21H25N3O3/c1-14(2)19-20(25)22-11-12-24(19)21(26)23-17-9-7-15(8-10-17)16-5-4-6-18(13-16)27-3/h4-10,13-14,19H,11-12H2,1-3H3,(H,22,25)(H,23,26)/t19-/m0/s1. The van der Waals surface area contributed by atoms with Crippen molar-refractivity contribution < 1.29 is 14.3 Å². The third kappa shape index (κ3) is 4.22. The van der Waals surface area contributed by atoms with E-state index in [2.05, 4.69) is 10.6 Å². The molecule has 0 unspecified atom stereocenters. The van der Waals surface area contributed by atoms with Crippen LogP contribution in [0.25, 0.3) is 11.1 Å². The van der Waals surface area contributed by atoms with Gasteiger partial charge in [-0.2, -0.15) is 0 Å². The maximum atomic E-state index is 12.7. The van der Waals surface area contributed by atoms with Gasteiger partial charge < -0.3 is 20.3 Å². The highest BCUT2D eigenvalue weighted by Gasteiger charge is 2.35. The van der Waals surface area contributed by atoms with Crippen molar-refractivity contribution in [1.29, 1.82) is 0 Å². The van der Waals surface area contributed by atoms with Crippen LogP contribution in [0.15, 0.2) is 48.5 Å². The molecule has 0 saturated carbocycles. The summed E-state index contributed by atoms with van der Waals surface area (Å²) in [5, 5.41) is 5.73. The van der Waals surface area contributed by atoms with Gasteiger partial charge in [0.1, 0.15) is 11.8 Å². The average Bonchev–Trinajstić information content (AvgIpc) is 2.68. The first-order valence-electron chi connectivity index (χ1n) is 9.09. The third-order valence-corrected chi connectivity index (χ3v) is 4.69. The Morgan fingerprint density at radius 2 is 1.93 bits per heavy atom. The van der Waals surface area contributed by atoms with Crippen LogP contribution < -0.4 is 15.4 Å². The molecule has 3 rings (SSSR count). The largest absolute Gasteiger partial charge is 0.497 e. The number of methoxy groups -OCH3 is 1. The fraction of sp³-hybridized carbons (Fsp3) is 0.333. The monoisotopic (exact) mass is 367 g/mol. The lowest BCUT2D eigenvalue weighted by Crippen LogP contribution is -2.60. The van der Waals surface area contributed by atoms with Gasteiger partial charge in [0.2, 0.25) is 5.91 Å². The third-order valence-electron chi connectivity index (χ3n) is 4.69. The second kappa shape index (κ2) is 8.12. The van der Waals surface area contributed by atoms with Gasteiger partial charge in [-0.3, -0.25) is 4.79 Å². The van der Waals surface area contributed by atoms with E-state index >= 15 is 0 Å². The molecule has 27 heavy (non-hydrogen) atoms. The molecule has 1 saturated heterocycles. The molecule has 0 aromatic heterocycles. The molecular weight excluding hydrogens is 342 g/mol. The minimum Gasteiger partial charge on any atom is -0.497 e. The van der Waals surface area contributed by atoms with Crippen molar-refractivity contribution in [1.82, 2.24) is 10.2 Å². The Balaban J connectivity index is 1.72. The van der Waals surface area contributed by atoms with Gasteiger partial charge >= 0.3 is 6.03 Å². The van der Waals surface area contributed by atoms with Crippen LogP contribution in [0.1, 0.15) is 13.8 Å². The number of piperazine rings is 1. The number of nitrogens with zero attached hydrogens (tertiary/aromatic N) is 1. The predicted octanol–water partition coefficient (Wildman–Crippen LogP) is 3.35. The van der Waals surface area contributed by atoms with Gasteiger partial charge in [-0.1, -0.05) is 38.1 Å². The maximum Gasteiger partial charge on any atom is 0.322 e. The second-order valence-corrected chi connectivity index (χ2v) is 6.91. The lowest BCUT2D eigenvalue weighted by molar-refractivity contribution is -0.129. The second-order valence-electron chi connectivity index (χ2n) is 6.91. The first-order valence-corrected chi connectivity index (χ1v) is 9.09. The van der Waals surface area contributed by atoms with Gasteiger partial charge in [0.15, 0.2) is 0 Å². The fourth-order valence-electron chi connectivity index (χ4n) is 3.32. The number of hydrogen-bond acceptors (Lipinski definition) is 3. The highest BCUT2D eigenvalue weighted by Crippen LogP contribution is 2.25. The molecule has 1 aliphatic heterocycles. The molecule has 142 valence electrons. The Bertz CT molecular complexity index is 818. The quantitative estimate of drug-likeness (QED) is 0.871. The summed E-state index contributed by atoms with van der Waals surface area (Å²) >= 11 is 0. The van der Waals surface area contributed by atoms with Crippen molar-refractivity contribution in [3.63, 3.8) is 0 Å². The number of anilines is 1. The molecule has 0 aliphatic carbocycles. The number of ether oxygens (including phenoxy) is 1. The summed E-state index contributed by atoms with van der Waals surface area (Å²) in [4.78, 5) is 26.4. The molecule has 2 aromatic carbocycles. The normalized spacial score (nSPS) is 16.8. The summed E-state index contributed by atoms with van der Waals surface area (Å²) in [5.74, 6) is 0.749. The van der Waals surface area contributed by atoms with E-state index in [1.807, 2.05) is 62.4 Å². The predicted molar refractivity (Wildman–Crippen MR) is 106 cm³/mol. The maximum absolute atomic E-state index is 12.7. The molecule has 1 fully saturated rings. The number of nitrogens with one attached hydrogen (secondary N) is 2. The van der Waals surface area contributed by atoms with Crippen LogP contribution in [-0.4, -0.2) is 43.1 Å². The van der Waals surface area contributed by atoms with Crippen LogP contribution in [-0.2, 0) is 4.79 Å². The SMILES string of the molecule is COc1cccc(-c2ccc(NC(=O)N3CCNC(=O)[C@@H]3C(C)C)cc2)c1.